The summed E-state index contributed by atoms with van der Waals surface area (Å²) >= 11 is 6.10. The molecule has 106 valence electrons. The fourth-order valence-corrected chi connectivity index (χ4v) is 1.87. The van der Waals surface area contributed by atoms with Crippen molar-refractivity contribution < 1.29 is 4.79 Å². The topological polar surface area (TPSA) is 63.9 Å². The van der Waals surface area contributed by atoms with Crippen LogP contribution in [0.3, 0.4) is 0 Å². The molecule has 0 aromatic carbocycles. The summed E-state index contributed by atoms with van der Waals surface area (Å²) < 4.78 is 1.55. The Hall–Kier alpha value is -1.95. The van der Waals surface area contributed by atoms with Gasteiger partial charge in [-0.1, -0.05) is 18.5 Å². The van der Waals surface area contributed by atoms with E-state index in [0.29, 0.717) is 28.9 Å². The molecule has 0 bridgehead atoms. The molecule has 2 rings (SSSR count). The largest absolute Gasteiger partial charge is 0.343 e. The first-order valence-electron chi connectivity index (χ1n) is 6.24. The molecule has 20 heavy (non-hydrogen) atoms. The maximum atomic E-state index is 11.9. The Kier molecular flexibility index (Phi) is 4.04. The number of amides is 1. The highest BCUT2D eigenvalue weighted by Crippen LogP contribution is 2.19. The van der Waals surface area contributed by atoms with Crippen LogP contribution in [-0.2, 0) is 6.42 Å². The molecule has 0 unspecified atom stereocenters. The van der Waals surface area contributed by atoms with E-state index in [1.165, 1.54) is 4.90 Å². The number of carbonyl (C=O) groups excluding carboxylic acids is 1. The summed E-state index contributed by atoms with van der Waals surface area (Å²) in [5.41, 5.74) is 1.10. The molecular formula is C13H16ClN5O. The van der Waals surface area contributed by atoms with Gasteiger partial charge in [0, 0.05) is 32.3 Å². The summed E-state index contributed by atoms with van der Waals surface area (Å²) in [6.45, 7) is 3.78. The molecule has 0 aliphatic carbocycles. The van der Waals surface area contributed by atoms with E-state index in [2.05, 4.69) is 15.1 Å². The summed E-state index contributed by atoms with van der Waals surface area (Å²) in [6, 6.07) is 1.66. The first kappa shape index (κ1) is 14.5. The standard InChI is InChI=1S/C13H16ClN5O/c1-5-10-15-11(14)8(2)12(16-10)19-7-6-9(17-19)13(20)18(3)4/h6-7H,5H2,1-4H3. The zero-order chi connectivity index (χ0) is 14.9. The van der Waals surface area contributed by atoms with Gasteiger partial charge in [-0.25, -0.2) is 14.6 Å². The second kappa shape index (κ2) is 5.58. The molecule has 0 saturated heterocycles. The van der Waals surface area contributed by atoms with Gasteiger partial charge in [-0.15, -0.1) is 0 Å². The lowest BCUT2D eigenvalue weighted by Crippen LogP contribution is -2.22. The fraction of sp³-hybridized carbons (Fsp3) is 0.385. The van der Waals surface area contributed by atoms with E-state index in [4.69, 9.17) is 11.6 Å². The van der Waals surface area contributed by atoms with Crippen molar-refractivity contribution in [2.75, 3.05) is 14.1 Å². The molecule has 2 aromatic heterocycles. The Morgan fingerprint density at radius 2 is 2.10 bits per heavy atom. The minimum atomic E-state index is -0.155. The number of aromatic nitrogens is 4. The molecule has 1 amide bonds. The lowest BCUT2D eigenvalue weighted by molar-refractivity contribution is 0.0821. The molecule has 0 spiro atoms. The van der Waals surface area contributed by atoms with Crippen molar-refractivity contribution in [3.05, 3.63) is 34.5 Å². The Morgan fingerprint density at radius 1 is 1.40 bits per heavy atom. The quantitative estimate of drug-likeness (QED) is 0.811. The first-order chi connectivity index (χ1) is 9.43. The lowest BCUT2D eigenvalue weighted by atomic mass is 10.3. The van der Waals surface area contributed by atoms with Crippen molar-refractivity contribution >= 4 is 17.5 Å². The van der Waals surface area contributed by atoms with Crippen LogP contribution < -0.4 is 0 Å². The number of aryl methyl sites for hydroxylation is 1. The molecule has 0 atom stereocenters. The van der Waals surface area contributed by atoms with Crippen molar-refractivity contribution in [3.63, 3.8) is 0 Å². The number of hydrogen-bond acceptors (Lipinski definition) is 4. The normalized spacial score (nSPS) is 10.7. The highest BCUT2D eigenvalue weighted by Gasteiger charge is 2.15. The van der Waals surface area contributed by atoms with Gasteiger partial charge < -0.3 is 4.90 Å². The van der Waals surface area contributed by atoms with Gasteiger partial charge in [0.15, 0.2) is 11.5 Å². The zero-order valence-corrected chi connectivity index (χ0v) is 12.6. The molecule has 2 heterocycles. The Labute approximate surface area is 122 Å². The van der Waals surface area contributed by atoms with Gasteiger partial charge in [0.25, 0.3) is 5.91 Å². The average molecular weight is 294 g/mol. The number of halogens is 1. The van der Waals surface area contributed by atoms with Crippen LogP contribution in [0.25, 0.3) is 5.82 Å². The number of rotatable bonds is 3. The van der Waals surface area contributed by atoms with E-state index in [1.54, 1.807) is 31.0 Å². The minimum Gasteiger partial charge on any atom is -0.343 e. The number of nitrogens with zero attached hydrogens (tertiary/aromatic N) is 5. The van der Waals surface area contributed by atoms with Crippen LogP contribution in [0, 0.1) is 6.92 Å². The van der Waals surface area contributed by atoms with Crippen LogP contribution in [0.5, 0.6) is 0 Å². The van der Waals surface area contributed by atoms with Crippen molar-refractivity contribution in [1.82, 2.24) is 24.6 Å². The predicted molar refractivity (Wildman–Crippen MR) is 76.3 cm³/mol. The number of carbonyl (C=O) groups is 1. The maximum Gasteiger partial charge on any atom is 0.273 e. The summed E-state index contributed by atoms with van der Waals surface area (Å²) in [7, 11) is 3.37. The molecular weight excluding hydrogens is 278 g/mol. The third-order valence-electron chi connectivity index (χ3n) is 2.85. The Morgan fingerprint density at radius 3 is 2.70 bits per heavy atom. The van der Waals surface area contributed by atoms with E-state index in [-0.39, 0.29) is 5.91 Å². The lowest BCUT2D eigenvalue weighted by Gasteiger charge is -2.09. The van der Waals surface area contributed by atoms with Crippen LogP contribution in [0.1, 0.15) is 28.8 Å². The van der Waals surface area contributed by atoms with Gasteiger partial charge in [0.2, 0.25) is 0 Å². The molecule has 6 nitrogen and oxygen atoms in total. The SMILES string of the molecule is CCc1nc(Cl)c(C)c(-n2ccc(C(=O)N(C)C)n2)n1. The molecule has 0 radical (unpaired) electrons. The van der Waals surface area contributed by atoms with Crippen molar-refractivity contribution in [2.24, 2.45) is 0 Å². The van der Waals surface area contributed by atoms with Crippen LogP contribution in [0.15, 0.2) is 12.3 Å². The smallest absolute Gasteiger partial charge is 0.273 e. The molecule has 0 aliphatic rings. The molecule has 0 aliphatic heterocycles. The molecule has 2 aromatic rings. The van der Waals surface area contributed by atoms with E-state index < -0.39 is 0 Å². The van der Waals surface area contributed by atoms with E-state index in [1.807, 2.05) is 13.8 Å². The maximum absolute atomic E-state index is 11.9. The average Bonchev–Trinajstić information content (AvgIpc) is 2.90. The van der Waals surface area contributed by atoms with E-state index >= 15 is 0 Å². The van der Waals surface area contributed by atoms with Gasteiger partial charge in [-0.2, -0.15) is 5.10 Å². The van der Waals surface area contributed by atoms with Gasteiger partial charge in [-0.05, 0) is 13.0 Å². The second-order valence-corrected chi connectivity index (χ2v) is 4.94. The number of hydrogen-bond donors (Lipinski definition) is 0. The van der Waals surface area contributed by atoms with Crippen LogP contribution in [0.2, 0.25) is 5.15 Å². The van der Waals surface area contributed by atoms with Crippen molar-refractivity contribution in [2.45, 2.75) is 20.3 Å². The Bertz CT molecular complexity index is 650. The summed E-state index contributed by atoms with van der Waals surface area (Å²) in [4.78, 5) is 21.9. The predicted octanol–water partition coefficient (Wildman–Crippen LogP) is 1.89. The monoisotopic (exact) mass is 293 g/mol. The Balaban J connectivity index is 2.47. The first-order valence-corrected chi connectivity index (χ1v) is 6.62. The molecule has 0 N–H and O–H groups in total. The third-order valence-corrected chi connectivity index (χ3v) is 3.22. The van der Waals surface area contributed by atoms with Crippen LogP contribution in [0.4, 0.5) is 0 Å². The zero-order valence-electron chi connectivity index (χ0n) is 11.9. The van der Waals surface area contributed by atoms with Crippen molar-refractivity contribution in [3.8, 4) is 5.82 Å². The van der Waals surface area contributed by atoms with Gasteiger partial charge in [0.05, 0.1) is 0 Å². The molecule has 0 saturated carbocycles. The van der Waals surface area contributed by atoms with Gasteiger partial charge in [0.1, 0.15) is 11.0 Å². The highest BCUT2D eigenvalue weighted by atomic mass is 35.5. The van der Waals surface area contributed by atoms with Crippen LogP contribution >= 0.6 is 11.6 Å². The van der Waals surface area contributed by atoms with E-state index in [9.17, 15) is 4.79 Å². The summed E-state index contributed by atoms with van der Waals surface area (Å²) in [5, 5.41) is 4.66. The second-order valence-electron chi connectivity index (χ2n) is 4.58. The third kappa shape index (κ3) is 2.65. The fourth-order valence-electron chi connectivity index (χ4n) is 1.69. The van der Waals surface area contributed by atoms with Crippen molar-refractivity contribution in [1.29, 1.82) is 0 Å². The molecule has 0 fully saturated rings. The van der Waals surface area contributed by atoms with E-state index in [0.717, 1.165) is 5.56 Å². The van der Waals surface area contributed by atoms with Crippen LogP contribution in [-0.4, -0.2) is 44.7 Å². The van der Waals surface area contributed by atoms with Gasteiger partial charge >= 0.3 is 0 Å². The van der Waals surface area contributed by atoms with Gasteiger partial charge in [-0.3, -0.25) is 4.79 Å². The minimum absolute atomic E-state index is 0.155. The summed E-state index contributed by atoms with van der Waals surface area (Å²) in [6.07, 6.45) is 2.37. The summed E-state index contributed by atoms with van der Waals surface area (Å²) in [5.74, 6) is 1.09. The highest BCUT2D eigenvalue weighted by molar-refractivity contribution is 6.30. The molecule has 7 heteroatoms.